The maximum Gasteiger partial charge on any atom is 0.344 e. The van der Waals surface area contributed by atoms with Crippen LogP contribution in [-0.2, 0) is 14.3 Å². The molecule has 1 amide bonds. The SMILES string of the molecule is CCOCCOC(=O)COc1ccc(C(=O)Nc2ccc(C)cc2C)cc1. The van der Waals surface area contributed by atoms with Gasteiger partial charge in [-0.1, -0.05) is 17.7 Å². The number of amides is 1. The predicted octanol–water partition coefficient (Wildman–Crippen LogP) is 3.51. The number of nitrogens with one attached hydrogen (secondary N) is 1. The number of anilines is 1. The van der Waals surface area contributed by atoms with Gasteiger partial charge in [0.2, 0.25) is 0 Å². The maximum atomic E-state index is 12.4. The molecule has 0 aliphatic heterocycles. The number of hydrogen-bond acceptors (Lipinski definition) is 5. The lowest BCUT2D eigenvalue weighted by atomic mass is 10.1. The molecule has 144 valence electrons. The monoisotopic (exact) mass is 371 g/mol. The van der Waals surface area contributed by atoms with Gasteiger partial charge in [0.25, 0.3) is 5.91 Å². The average Bonchev–Trinajstić information content (AvgIpc) is 2.66. The molecule has 27 heavy (non-hydrogen) atoms. The van der Waals surface area contributed by atoms with Crippen LogP contribution in [0.4, 0.5) is 5.69 Å². The van der Waals surface area contributed by atoms with Gasteiger partial charge in [0.15, 0.2) is 6.61 Å². The molecule has 0 saturated carbocycles. The quantitative estimate of drug-likeness (QED) is 0.539. The van der Waals surface area contributed by atoms with Crippen molar-refractivity contribution in [3.8, 4) is 5.75 Å². The molecule has 2 rings (SSSR count). The molecule has 0 heterocycles. The van der Waals surface area contributed by atoms with Gasteiger partial charge in [-0.2, -0.15) is 0 Å². The topological polar surface area (TPSA) is 73.9 Å². The summed E-state index contributed by atoms with van der Waals surface area (Å²) in [4.78, 5) is 23.9. The summed E-state index contributed by atoms with van der Waals surface area (Å²) in [5, 5.41) is 2.89. The highest BCUT2D eigenvalue weighted by atomic mass is 16.6. The Morgan fingerprint density at radius 3 is 2.41 bits per heavy atom. The van der Waals surface area contributed by atoms with Gasteiger partial charge in [-0.15, -0.1) is 0 Å². The first-order chi connectivity index (χ1) is 13.0. The van der Waals surface area contributed by atoms with Crippen molar-refractivity contribution in [2.75, 3.05) is 31.7 Å². The number of carbonyl (C=O) groups is 2. The number of aryl methyl sites for hydroxylation is 2. The van der Waals surface area contributed by atoms with Crippen molar-refractivity contribution in [2.45, 2.75) is 20.8 Å². The molecule has 0 aliphatic carbocycles. The van der Waals surface area contributed by atoms with Crippen LogP contribution in [0.5, 0.6) is 5.75 Å². The van der Waals surface area contributed by atoms with Gasteiger partial charge in [0.05, 0.1) is 6.61 Å². The summed E-state index contributed by atoms with van der Waals surface area (Å²) >= 11 is 0. The number of rotatable bonds is 9. The summed E-state index contributed by atoms with van der Waals surface area (Å²) in [7, 11) is 0. The van der Waals surface area contributed by atoms with E-state index in [0.29, 0.717) is 24.5 Å². The second-order valence-electron chi connectivity index (χ2n) is 6.00. The molecule has 0 fully saturated rings. The first-order valence-electron chi connectivity index (χ1n) is 8.84. The fourth-order valence-electron chi connectivity index (χ4n) is 2.39. The highest BCUT2D eigenvalue weighted by molar-refractivity contribution is 6.04. The van der Waals surface area contributed by atoms with Gasteiger partial charge >= 0.3 is 5.97 Å². The molecular weight excluding hydrogens is 346 g/mol. The lowest BCUT2D eigenvalue weighted by molar-refractivity contribution is -0.147. The Hall–Kier alpha value is -2.86. The van der Waals surface area contributed by atoms with Gasteiger partial charge in [-0.05, 0) is 56.7 Å². The van der Waals surface area contributed by atoms with E-state index in [1.807, 2.05) is 39.0 Å². The van der Waals surface area contributed by atoms with Crippen molar-refractivity contribution in [1.82, 2.24) is 0 Å². The van der Waals surface area contributed by atoms with Crippen LogP contribution in [0.1, 0.15) is 28.4 Å². The number of benzene rings is 2. The highest BCUT2D eigenvalue weighted by Crippen LogP contribution is 2.18. The molecule has 6 heteroatoms. The van der Waals surface area contributed by atoms with Crippen LogP contribution in [0.15, 0.2) is 42.5 Å². The Bertz CT molecular complexity index is 771. The molecule has 2 aromatic carbocycles. The molecule has 2 aromatic rings. The minimum atomic E-state index is -0.466. The van der Waals surface area contributed by atoms with Crippen LogP contribution in [0, 0.1) is 13.8 Å². The van der Waals surface area contributed by atoms with Gasteiger partial charge in [0, 0.05) is 17.9 Å². The van der Waals surface area contributed by atoms with E-state index in [-0.39, 0.29) is 19.1 Å². The van der Waals surface area contributed by atoms with Crippen LogP contribution in [0.3, 0.4) is 0 Å². The Kier molecular flexibility index (Phi) is 7.82. The third-order valence-corrected chi connectivity index (χ3v) is 3.80. The van der Waals surface area contributed by atoms with Crippen LogP contribution < -0.4 is 10.1 Å². The van der Waals surface area contributed by atoms with E-state index in [1.165, 1.54) is 0 Å². The summed E-state index contributed by atoms with van der Waals surface area (Å²) < 4.78 is 15.4. The molecule has 1 N–H and O–H groups in total. The zero-order valence-electron chi connectivity index (χ0n) is 15.9. The zero-order valence-corrected chi connectivity index (χ0v) is 15.9. The molecule has 0 aromatic heterocycles. The number of esters is 1. The van der Waals surface area contributed by atoms with Gasteiger partial charge < -0.3 is 19.5 Å². The summed E-state index contributed by atoms with van der Waals surface area (Å²) in [6, 6.07) is 12.4. The highest BCUT2D eigenvalue weighted by Gasteiger charge is 2.09. The minimum absolute atomic E-state index is 0.194. The van der Waals surface area contributed by atoms with E-state index in [4.69, 9.17) is 14.2 Å². The van der Waals surface area contributed by atoms with Crippen molar-refractivity contribution in [3.63, 3.8) is 0 Å². The molecule has 0 unspecified atom stereocenters. The van der Waals surface area contributed by atoms with Crippen molar-refractivity contribution >= 4 is 17.6 Å². The smallest absolute Gasteiger partial charge is 0.344 e. The van der Waals surface area contributed by atoms with Crippen molar-refractivity contribution in [2.24, 2.45) is 0 Å². The third-order valence-electron chi connectivity index (χ3n) is 3.80. The lowest BCUT2D eigenvalue weighted by Crippen LogP contribution is -2.17. The van der Waals surface area contributed by atoms with Crippen molar-refractivity contribution in [3.05, 3.63) is 59.2 Å². The fourth-order valence-corrected chi connectivity index (χ4v) is 2.39. The lowest BCUT2D eigenvalue weighted by Gasteiger charge is -2.10. The van der Waals surface area contributed by atoms with Gasteiger partial charge in [0.1, 0.15) is 12.4 Å². The van der Waals surface area contributed by atoms with E-state index in [9.17, 15) is 9.59 Å². The largest absolute Gasteiger partial charge is 0.482 e. The molecule has 0 spiro atoms. The molecule has 0 atom stereocenters. The summed E-state index contributed by atoms with van der Waals surface area (Å²) in [5.41, 5.74) is 3.43. The second-order valence-corrected chi connectivity index (χ2v) is 6.00. The van der Waals surface area contributed by atoms with E-state index < -0.39 is 5.97 Å². The number of carbonyl (C=O) groups excluding carboxylic acids is 2. The maximum absolute atomic E-state index is 12.4. The molecular formula is C21H25NO5. The predicted molar refractivity (Wildman–Crippen MR) is 103 cm³/mol. The van der Waals surface area contributed by atoms with E-state index in [0.717, 1.165) is 16.8 Å². The van der Waals surface area contributed by atoms with E-state index in [1.54, 1.807) is 24.3 Å². The average molecular weight is 371 g/mol. The first kappa shape index (κ1) is 20.5. The van der Waals surface area contributed by atoms with Crippen LogP contribution in [0.2, 0.25) is 0 Å². The molecule has 0 radical (unpaired) electrons. The molecule has 0 bridgehead atoms. The third kappa shape index (κ3) is 6.75. The standard InChI is InChI=1S/C21H25NO5/c1-4-25-11-12-26-20(23)14-27-18-8-6-17(7-9-18)21(24)22-19-10-5-15(2)13-16(19)3/h5-10,13H,4,11-12,14H2,1-3H3,(H,22,24). The summed E-state index contributed by atoms with van der Waals surface area (Å²) in [6.45, 7) is 6.79. The van der Waals surface area contributed by atoms with Crippen molar-refractivity contribution < 1.29 is 23.8 Å². The summed E-state index contributed by atoms with van der Waals surface area (Å²) in [6.07, 6.45) is 0. The minimum Gasteiger partial charge on any atom is -0.482 e. The summed E-state index contributed by atoms with van der Waals surface area (Å²) in [5.74, 6) is -0.185. The number of hydrogen-bond donors (Lipinski definition) is 1. The van der Waals surface area contributed by atoms with E-state index >= 15 is 0 Å². The first-order valence-corrected chi connectivity index (χ1v) is 8.84. The van der Waals surface area contributed by atoms with Gasteiger partial charge in [-0.25, -0.2) is 4.79 Å². The second kappa shape index (κ2) is 10.3. The van der Waals surface area contributed by atoms with Crippen molar-refractivity contribution in [1.29, 1.82) is 0 Å². The van der Waals surface area contributed by atoms with Crippen LogP contribution in [-0.4, -0.2) is 38.3 Å². The molecule has 6 nitrogen and oxygen atoms in total. The Balaban J connectivity index is 1.83. The molecule has 0 saturated heterocycles. The molecule has 0 aliphatic rings. The van der Waals surface area contributed by atoms with Gasteiger partial charge in [-0.3, -0.25) is 4.79 Å². The van der Waals surface area contributed by atoms with E-state index in [2.05, 4.69) is 5.32 Å². The van der Waals surface area contributed by atoms with Crippen LogP contribution in [0.25, 0.3) is 0 Å². The fraction of sp³-hybridized carbons (Fsp3) is 0.333. The Labute approximate surface area is 159 Å². The Morgan fingerprint density at radius 1 is 1.00 bits per heavy atom. The Morgan fingerprint density at radius 2 is 1.74 bits per heavy atom. The number of ether oxygens (including phenoxy) is 3. The van der Waals surface area contributed by atoms with Crippen LogP contribution >= 0.6 is 0 Å². The normalized spacial score (nSPS) is 10.3. The zero-order chi connectivity index (χ0) is 19.6.